The SMILES string of the molecule is Cn1nc2c(c1S(=O)(=O)Nc1ccc(F)c(O)c1F)CCCC2. The van der Waals surface area contributed by atoms with Gasteiger partial charge in [0.15, 0.2) is 22.4 Å². The molecule has 0 aliphatic heterocycles. The summed E-state index contributed by atoms with van der Waals surface area (Å²) in [6.07, 6.45) is 3.07. The lowest BCUT2D eigenvalue weighted by Gasteiger charge is -2.13. The van der Waals surface area contributed by atoms with Crippen molar-refractivity contribution in [2.24, 2.45) is 7.05 Å². The Hall–Kier alpha value is -2.16. The van der Waals surface area contributed by atoms with Crippen molar-refractivity contribution < 1.29 is 22.3 Å². The van der Waals surface area contributed by atoms with Gasteiger partial charge in [0.05, 0.1) is 11.4 Å². The van der Waals surface area contributed by atoms with E-state index in [-0.39, 0.29) is 5.03 Å². The number of nitrogens with zero attached hydrogens (tertiary/aromatic N) is 2. The number of aryl methyl sites for hydroxylation is 2. The van der Waals surface area contributed by atoms with Gasteiger partial charge in [-0.3, -0.25) is 9.40 Å². The fraction of sp³-hybridized carbons (Fsp3) is 0.357. The van der Waals surface area contributed by atoms with Crippen LogP contribution in [0.25, 0.3) is 0 Å². The van der Waals surface area contributed by atoms with Crippen LogP contribution < -0.4 is 4.72 Å². The Labute approximate surface area is 131 Å². The van der Waals surface area contributed by atoms with Crippen molar-refractivity contribution in [3.63, 3.8) is 0 Å². The molecule has 1 aliphatic carbocycles. The molecule has 0 fully saturated rings. The minimum absolute atomic E-state index is 0.0320. The zero-order valence-corrected chi connectivity index (χ0v) is 13.1. The molecule has 0 spiro atoms. The summed E-state index contributed by atoms with van der Waals surface area (Å²) in [6, 6.07) is 1.71. The van der Waals surface area contributed by atoms with Crippen LogP contribution in [0.1, 0.15) is 24.1 Å². The van der Waals surface area contributed by atoms with Crippen LogP contribution in [0.15, 0.2) is 17.2 Å². The van der Waals surface area contributed by atoms with Crippen molar-refractivity contribution in [3.05, 3.63) is 35.0 Å². The number of rotatable bonds is 3. The summed E-state index contributed by atoms with van der Waals surface area (Å²) in [6.45, 7) is 0. The highest BCUT2D eigenvalue weighted by atomic mass is 32.2. The molecule has 0 atom stereocenters. The normalized spacial score (nSPS) is 14.6. The van der Waals surface area contributed by atoms with Crippen molar-refractivity contribution in [2.45, 2.75) is 30.7 Å². The summed E-state index contributed by atoms with van der Waals surface area (Å²) in [5.74, 6) is -3.75. The Kier molecular flexibility index (Phi) is 3.75. The molecule has 124 valence electrons. The number of aromatic nitrogens is 2. The maximum Gasteiger partial charge on any atom is 0.279 e. The van der Waals surface area contributed by atoms with Crippen LogP contribution >= 0.6 is 0 Å². The molecule has 1 aromatic heterocycles. The summed E-state index contributed by atoms with van der Waals surface area (Å²) < 4.78 is 55.4. The average molecular weight is 343 g/mol. The van der Waals surface area contributed by atoms with Crippen LogP contribution in [-0.2, 0) is 29.9 Å². The molecule has 0 unspecified atom stereocenters. The van der Waals surface area contributed by atoms with E-state index in [4.69, 9.17) is 0 Å². The standard InChI is InChI=1S/C14H15F2N3O3S/c1-19-14(8-4-2-3-5-10(8)17-19)23(21,22)18-11-7-6-9(15)13(20)12(11)16/h6-7,18,20H,2-5H2,1H3. The smallest absolute Gasteiger partial charge is 0.279 e. The van der Waals surface area contributed by atoms with Crippen molar-refractivity contribution in [2.75, 3.05) is 4.72 Å². The van der Waals surface area contributed by atoms with Gasteiger partial charge >= 0.3 is 0 Å². The van der Waals surface area contributed by atoms with Gasteiger partial charge in [0.1, 0.15) is 0 Å². The zero-order valence-electron chi connectivity index (χ0n) is 12.3. The number of anilines is 1. The number of sulfonamides is 1. The van der Waals surface area contributed by atoms with E-state index in [2.05, 4.69) is 9.82 Å². The number of hydrogen-bond acceptors (Lipinski definition) is 4. The maximum absolute atomic E-state index is 13.8. The van der Waals surface area contributed by atoms with Crippen LogP contribution in [0.4, 0.5) is 14.5 Å². The fourth-order valence-corrected chi connectivity index (χ4v) is 4.28. The number of phenols is 1. The van der Waals surface area contributed by atoms with Gasteiger partial charge in [-0.25, -0.2) is 8.78 Å². The molecule has 6 nitrogen and oxygen atoms in total. The Morgan fingerprint density at radius 2 is 1.96 bits per heavy atom. The predicted molar refractivity (Wildman–Crippen MR) is 78.7 cm³/mol. The average Bonchev–Trinajstić information content (AvgIpc) is 2.84. The molecule has 0 radical (unpaired) electrons. The summed E-state index contributed by atoms with van der Waals surface area (Å²) in [7, 11) is -2.61. The lowest BCUT2D eigenvalue weighted by atomic mass is 9.99. The first-order valence-electron chi connectivity index (χ1n) is 7.06. The molecule has 9 heteroatoms. The molecule has 0 bridgehead atoms. The molecule has 0 saturated carbocycles. The van der Waals surface area contributed by atoms with Gasteiger partial charge in [-0.15, -0.1) is 0 Å². The van der Waals surface area contributed by atoms with Gasteiger partial charge in [0, 0.05) is 12.6 Å². The Balaban J connectivity index is 2.04. The molecule has 1 aromatic carbocycles. The minimum atomic E-state index is -4.12. The van der Waals surface area contributed by atoms with Gasteiger partial charge in [-0.2, -0.15) is 13.5 Å². The van der Waals surface area contributed by atoms with Crippen LogP contribution in [0.3, 0.4) is 0 Å². The lowest BCUT2D eigenvalue weighted by Crippen LogP contribution is -2.19. The van der Waals surface area contributed by atoms with Gasteiger partial charge in [-0.1, -0.05) is 0 Å². The minimum Gasteiger partial charge on any atom is -0.503 e. The van der Waals surface area contributed by atoms with Gasteiger partial charge in [-0.05, 0) is 37.8 Å². The van der Waals surface area contributed by atoms with E-state index in [1.165, 1.54) is 11.7 Å². The summed E-state index contributed by atoms with van der Waals surface area (Å²) in [5.41, 5.74) is 0.828. The molecule has 2 aromatic rings. The largest absolute Gasteiger partial charge is 0.503 e. The summed E-state index contributed by atoms with van der Waals surface area (Å²) >= 11 is 0. The first-order valence-corrected chi connectivity index (χ1v) is 8.54. The highest BCUT2D eigenvalue weighted by Gasteiger charge is 2.29. The number of nitrogens with one attached hydrogen (secondary N) is 1. The van der Waals surface area contributed by atoms with E-state index in [1.807, 2.05) is 0 Å². The van der Waals surface area contributed by atoms with Gasteiger partial charge in [0.25, 0.3) is 10.0 Å². The number of benzene rings is 1. The second-order valence-corrected chi connectivity index (χ2v) is 7.02. The van der Waals surface area contributed by atoms with Crippen LogP contribution in [0.2, 0.25) is 0 Å². The third kappa shape index (κ3) is 2.65. The van der Waals surface area contributed by atoms with Crippen molar-refractivity contribution in [3.8, 4) is 5.75 Å². The monoisotopic (exact) mass is 343 g/mol. The molecule has 0 amide bonds. The molecule has 23 heavy (non-hydrogen) atoms. The van der Waals surface area contributed by atoms with Crippen molar-refractivity contribution >= 4 is 15.7 Å². The van der Waals surface area contributed by atoms with E-state index in [0.717, 1.165) is 30.7 Å². The topological polar surface area (TPSA) is 84.2 Å². The quantitative estimate of drug-likeness (QED) is 0.894. The molecule has 1 aliphatic rings. The highest BCUT2D eigenvalue weighted by Crippen LogP contribution is 2.31. The second-order valence-electron chi connectivity index (χ2n) is 5.42. The van der Waals surface area contributed by atoms with E-state index >= 15 is 0 Å². The number of aromatic hydroxyl groups is 1. The first kappa shape index (κ1) is 15.7. The Morgan fingerprint density at radius 3 is 2.70 bits per heavy atom. The highest BCUT2D eigenvalue weighted by molar-refractivity contribution is 7.92. The van der Waals surface area contributed by atoms with Crippen LogP contribution in [-0.4, -0.2) is 23.3 Å². The molecule has 2 N–H and O–H groups in total. The number of halogens is 2. The van der Waals surface area contributed by atoms with E-state index in [1.54, 1.807) is 0 Å². The molecule has 1 heterocycles. The van der Waals surface area contributed by atoms with Gasteiger partial charge in [0.2, 0.25) is 0 Å². The molecule has 3 rings (SSSR count). The van der Waals surface area contributed by atoms with Crippen LogP contribution in [0.5, 0.6) is 5.75 Å². The fourth-order valence-electron chi connectivity index (χ4n) is 2.80. The van der Waals surface area contributed by atoms with E-state index < -0.39 is 33.1 Å². The zero-order chi connectivity index (χ0) is 16.8. The molecular weight excluding hydrogens is 328 g/mol. The second kappa shape index (κ2) is 5.48. The Morgan fingerprint density at radius 1 is 1.26 bits per heavy atom. The predicted octanol–water partition coefficient (Wildman–Crippen LogP) is 2.08. The van der Waals surface area contributed by atoms with Crippen molar-refractivity contribution in [1.82, 2.24) is 9.78 Å². The first-order chi connectivity index (χ1) is 10.8. The number of phenolic OH excluding ortho intramolecular Hbond substituents is 1. The third-order valence-corrected chi connectivity index (χ3v) is 5.34. The van der Waals surface area contributed by atoms with Crippen LogP contribution in [0, 0.1) is 11.6 Å². The number of hydrogen-bond donors (Lipinski definition) is 2. The molecule has 0 saturated heterocycles. The van der Waals surface area contributed by atoms with E-state index in [9.17, 15) is 22.3 Å². The third-order valence-electron chi connectivity index (χ3n) is 3.83. The van der Waals surface area contributed by atoms with Gasteiger partial charge < -0.3 is 5.11 Å². The summed E-state index contributed by atoms with van der Waals surface area (Å²) in [4.78, 5) is 0. The maximum atomic E-state index is 13.8. The van der Waals surface area contributed by atoms with E-state index in [0.29, 0.717) is 18.4 Å². The lowest BCUT2D eigenvalue weighted by molar-refractivity contribution is 0.397. The Bertz CT molecular complexity index is 878. The molecular formula is C14H15F2N3O3S. The summed E-state index contributed by atoms with van der Waals surface area (Å²) in [5, 5.41) is 13.4. The number of fused-ring (bicyclic) bond motifs is 1. The van der Waals surface area contributed by atoms with Crippen molar-refractivity contribution in [1.29, 1.82) is 0 Å².